The second kappa shape index (κ2) is 6.73. The maximum atomic E-state index is 11.5. The van der Waals surface area contributed by atoms with Crippen LogP contribution < -0.4 is 0 Å². The minimum atomic E-state index is -2.73. The molecule has 0 aliphatic rings. The van der Waals surface area contributed by atoms with Gasteiger partial charge in [0.1, 0.15) is 9.52 Å². The minimum absolute atomic E-state index is 0.905. The average molecular weight is 330 g/mol. The van der Waals surface area contributed by atoms with Crippen LogP contribution in [0.25, 0.3) is 0 Å². The number of carbonyl (C=O) groups excluding carboxylic acids is 1. The quantitative estimate of drug-likeness (QED) is 0.221. The summed E-state index contributed by atoms with van der Waals surface area (Å²) in [6.45, 7) is 1.40. The predicted octanol–water partition coefficient (Wildman–Crippen LogP) is 0.0418. The van der Waals surface area contributed by atoms with Crippen molar-refractivity contribution in [3.05, 3.63) is 0 Å². The number of rotatable bonds is 7. The molecule has 0 bridgehead atoms. The third-order valence-corrected chi connectivity index (χ3v) is 3.22. The number of thiol groups is 3. The molecule has 19 heavy (non-hydrogen) atoms. The first-order valence-electron chi connectivity index (χ1n) is 4.92. The summed E-state index contributed by atoms with van der Waals surface area (Å²) in [7, 11) is 0. The van der Waals surface area contributed by atoms with Crippen LogP contribution in [0.15, 0.2) is 0 Å². The van der Waals surface area contributed by atoms with Gasteiger partial charge in [0, 0.05) is 0 Å². The summed E-state index contributed by atoms with van der Waals surface area (Å²) < 4.78 is 3.50. The van der Waals surface area contributed by atoms with Gasteiger partial charge in [-0.05, 0) is 6.92 Å². The number of esters is 1. The summed E-state index contributed by atoms with van der Waals surface area (Å²) in [5, 5.41) is 26.9. The molecular weight excluding hydrogens is 316 g/mol. The summed E-state index contributed by atoms with van der Waals surface area (Å²) in [6, 6.07) is 0. The molecule has 0 radical (unpaired) electrons. The summed E-state index contributed by atoms with van der Waals surface area (Å²) in [6.07, 6.45) is -3.04. The van der Waals surface area contributed by atoms with Crippen molar-refractivity contribution >= 4 is 55.8 Å². The Balaban J connectivity index is 4.75. The van der Waals surface area contributed by atoms with E-state index in [4.69, 9.17) is 14.9 Å². The first-order chi connectivity index (χ1) is 8.38. The zero-order valence-electron chi connectivity index (χ0n) is 9.81. The highest BCUT2D eigenvalue weighted by Gasteiger charge is 2.42. The molecule has 0 rings (SSSR count). The first kappa shape index (κ1) is 18.4. The number of carbonyl (C=O) groups is 3. The summed E-state index contributed by atoms with van der Waals surface area (Å²) in [5.41, 5.74) is -2.73. The van der Waals surface area contributed by atoms with Gasteiger partial charge in [0.2, 0.25) is 0 Å². The molecule has 0 saturated heterocycles. The third kappa shape index (κ3) is 6.41. The smallest absolute Gasteiger partial charge is 0.336 e. The van der Waals surface area contributed by atoms with Crippen molar-refractivity contribution in [1.29, 1.82) is 0 Å². The molecule has 0 fully saturated rings. The van der Waals surface area contributed by atoms with Gasteiger partial charge in [-0.1, -0.05) is 0 Å². The Labute approximate surface area is 125 Å². The van der Waals surface area contributed by atoms with E-state index in [0.717, 1.165) is 0 Å². The Kier molecular flexibility index (Phi) is 6.52. The lowest BCUT2D eigenvalue weighted by atomic mass is 9.96. The predicted molar refractivity (Wildman–Crippen MR) is 74.7 cm³/mol. The van der Waals surface area contributed by atoms with E-state index in [1.54, 1.807) is 0 Å². The average Bonchev–Trinajstić information content (AvgIpc) is 2.13. The zero-order valence-corrected chi connectivity index (χ0v) is 12.5. The zero-order chi connectivity index (χ0) is 15.4. The molecule has 110 valence electrons. The third-order valence-electron chi connectivity index (χ3n) is 2.13. The lowest BCUT2D eigenvalue weighted by Crippen LogP contribution is -2.44. The van der Waals surface area contributed by atoms with E-state index in [-0.39, 0.29) is 0 Å². The molecule has 0 aliphatic carbocycles. The van der Waals surface area contributed by atoms with Gasteiger partial charge in [-0.3, -0.25) is 9.59 Å². The number of ether oxygens (including phenoxy) is 1. The fourth-order valence-electron chi connectivity index (χ4n) is 1.02. The van der Waals surface area contributed by atoms with Gasteiger partial charge < -0.3 is 20.1 Å². The van der Waals surface area contributed by atoms with Gasteiger partial charge in [-0.15, -0.1) is 37.9 Å². The van der Waals surface area contributed by atoms with Crippen molar-refractivity contribution in [2.24, 2.45) is 0 Å². The van der Waals surface area contributed by atoms with E-state index in [2.05, 4.69) is 37.9 Å². The molecule has 0 spiro atoms. The lowest BCUT2D eigenvalue weighted by molar-refractivity contribution is -0.173. The molecule has 0 amide bonds. The summed E-state index contributed by atoms with van der Waals surface area (Å²) in [4.78, 5) is 32.7. The molecule has 7 nitrogen and oxygen atoms in total. The van der Waals surface area contributed by atoms with Crippen LogP contribution in [-0.2, 0) is 19.1 Å². The van der Waals surface area contributed by atoms with Gasteiger partial charge in [0.05, 0.1) is 12.8 Å². The van der Waals surface area contributed by atoms with E-state index in [1.807, 2.05) is 0 Å². The Bertz CT molecular complexity index is 378. The fraction of sp³-hybridized carbons (Fsp3) is 0.667. The van der Waals surface area contributed by atoms with E-state index < -0.39 is 45.9 Å². The minimum Gasteiger partial charge on any atom is -0.481 e. The highest BCUT2D eigenvalue weighted by Crippen LogP contribution is 2.31. The van der Waals surface area contributed by atoms with Crippen molar-refractivity contribution in [3.8, 4) is 0 Å². The van der Waals surface area contributed by atoms with Gasteiger partial charge in [0.15, 0.2) is 5.60 Å². The largest absolute Gasteiger partial charge is 0.481 e. The summed E-state index contributed by atoms with van der Waals surface area (Å²) in [5.74, 6) is -4.48. The van der Waals surface area contributed by atoms with Crippen LogP contribution in [0.3, 0.4) is 0 Å². The molecule has 0 aromatic carbocycles. The topological polar surface area (TPSA) is 121 Å². The molecule has 2 atom stereocenters. The maximum Gasteiger partial charge on any atom is 0.336 e. The van der Waals surface area contributed by atoms with Crippen molar-refractivity contribution < 1.29 is 34.4 Å². The van der Waals surface area contributed by atoms with E-state index in [9.17, 15) is 19.5 Å². The van der Waals surface area contributed by atoms with Crippen molar-refractivity contribution in [1.82, 2.24) is 0 Å². The van der Waals surface area contributed by atoms with Crippen molar-refractivity contribution in [2.75, 3.05) is 0 Å². The van der Waals surface area contributed by atoms with E-state index in [1.165, 1.54) is 6.92 Å². The maximum absolute atomic E-state index is 11.5. The Hall–Kier alpha value is -0.580. The van der Waals surface area contributed by atoms with Crippen LogP contribution in [0.1, 0.15) is 19.8 Å². The van der Waals surface area contributed by atoms with Crippen molar-refractivity contribution in [2.45, 2.75) is 34.9 Å². The molecule has 0 aromatic heterocycles. The highest BCUT2D eigenvalue weighted by atomic mass is 32.2. The molecule has 10 heteroatoms. The number of hydrogen-bond acceptors (Lipinski definition) is 8. The van der Waals surface area contributed by atoms with E-state index in [0.29, 0.717) is 0 Å². The molecule has 0 saturated carbocycles. The first-order valence-corrected chi connectivity index (χ1v) is 6.27. The van der Waals surface area contributed by atoms with Crippen LogP contribution in [0.4, 0.5) is 0 Å². The highest BCUT2D eigenvalue weighted by molar-refractivity contribution is 8.17. The van der Waals surface area contributed by atoms with Crippen molar-refractivity contribution in [3.63, 3.8) is 0 Å². The molecule has 0 aromatic rings. The Morgan fingerprint density at radius 2 is 1.63 bits per heavy atom. The molecule has 2 unspecified atom stereocenters. The van der Waals surface area contributed by atoms with Gasteiger partial charge >= 0.3 is 17.9 Å². The van der Waals surface area contributed by atoms with Gasteiger partial charge in [0.25, 0.3) is 0 Å². The van der Waals surface area contributed by atoms with Crippen LogP contribution in [-0.4, -0.2) is 48.3 Å². The molecule has 0 heterocycles. The lowest BCUT2D eigenvalue weighted by Gasteiger charge is -2.26. The Morgan fingerprint density at radius 1 is 1.16 bits per heavy atom. The number of carboxylic acid groups (broad SMARTS) is 2. The fourth-order valence-corrected chi connectivity index (χ4v) is 1.18. The Morgan fingerprint density at radius 3 is 1.95 bits per heavy atom. The van der Waals surface area contributed by atoms with Crippen LogP contribution >= 0.6 is 37.9 Å². The molecule has 3 N–H and O–H groups in total. The normalized spacial score (nSPS) is 16.3. The SMILES string of the molecule is CC(OC(=O)CC(O)(CC(=O)O)C(=O)O)C(S)(S)S. The van der Waals surface area contributed by atoms with Crippen LogP contribution in [0.2, 0.25) is 0 Å². The monoisotopic (exact) mass is 330 g/mol. The van der Waals surface area contributed by atoms with Gasteiger partial charge in [-0.2, -0.15) is 0 Å². The van der Waals surface area contributed by atoms with E-state index >= 15 is 0 Å². The second-order valence-electron chi connectivity index (χ2n) is 3.90. The number of aliphatic hydroxyl groups is 1. The number of hydrogen-bond donors (Lipinski definition) is 6. The summed E-state index contributed by atoms with van der Waals surface area (Å²) >= 11 is 11.7. The second-order valence-corrected chi connectivity index (χ2v) is 7.08. The van der Waals surface area contributed by atoms with Crippen LogP contribution in [0.5, 0.6) is 0 Å². The number of carboxylic acids is 2. The van der Waals surface area contributed by atoms with Crippen LogP contribution in [0, 0.1) is 0 Å². The van der Waals surface area contributed by atoms with Gasteiger partial charge in [-0.25, -0.2) is 4.79 Å². The molecular formula is C9H14O7S3. The standard InChI is InChI=1S/C9H14O7S3/c1-4(9(17,18)19)16-6(12)3-8(15,7(13)14)2-5(10)11/h4,15,17-19H,2-3H2,1H3,(H,10,11)(H,13,14). The molecule has 0 aliphatic heterocycles. The number of aliphatic carboxylic acids is 2.